The average molecular weight is 657 g/mol. The Bertz CT molecular complexity index is 2020. The SMILES string of the molecule is CCCc1ccc2cc3ccccc3cc2c1S(=O)(=O)[O-].CCCc1ccc2cc3ccccc3cc2c1S(=O)(=O)[O-].[Ni+2]. The molecule has 0 aliphatic heterocycles. The molecule has 0 N–H and O–H groups in total. The van der Waals surface area contributed by atoms with E-state index in [4.69, 9.17) is 0 Å². The standard InChI is InChI=1S/2C17H16O3S.Ni/c2*1-2-5-12-8-9-15-10-13-6-3-4-7-14(13)11-16(15)17(12)21(18,19)20;/h2*3-4,6-11H,2,5H2,1H3,(H,18,19,20);/q;;+2/p-2. The van der Waals surface area contributed by atoms with Gasteiger partial charge in [-0.3, -0.25) is 0 Å². The van der Waals surface area contributed by atoms with Crippen LogP contribution in [-0.4, -0.2) is 25.9 Å². The van der Waals surface area contributed by atoms with Crippen LogP contribution < -0.4 is 0 Å². The van der Waals surface area contributed by atoms with Gasteiger partial charge in [-0.05, 0) is 80.6 Å². The van der Waals surface area contributed by atoms with Crippen molar-refractivity contribution in [2.75, 3.05) is 0 Å². The number of benzene rings is 6. The fourth-order valence-electron chi connectivity index (χ4n) is 5.59. The second kappa shape index (κ2) is 13.1. The Kier molecular flexibility index (Phi) is 9.94. The van der Waals surface area contributed by atoms with Gasteiger partial charge in [-0.25, -0.2) is 16.8 Å². The van der Waals surface area contributed by atoms with Gasteiger partial charge < -0.3 is 9.11 Å². The van der Waals surface area contributed by atoms with E-state index < -0.39 is 20.2 Å². The molecule has 0 aliphatic rings. The molecule has 43 heavy (non-hydrogen) atoms. The molecule has 6 nitrogen and oxygen atoms in total. The predicted octanol–water partition coefficient (Wildman–Crippen LogP) is 7.70. The van der Waals surface area contributed by atoms with Gasteiger partial charge in [0.05, 0.1) is 9.79 Å². The van der Waals surface area contributed by atoms with E-state index in [1.807, 2.05) is 86.6 Å². The summed E-state index contributed by atoms with van der Waals surface area (Å²) in [5.74, 6) is 0. The number of hydrogen-bond donors (Lipinski definition) is 0. The minimum atomic E-state index is -4.50. The largest absolute Gasteiger partial charge is 2.00 e. The third kappa shape index (κ3) is 6.92. The van der Waals surface area contributed by atoms with E-state index in [1.54, 1.807) is 24.3 Å². The molecule has 6 rings (SSSR count). The first-order valence-corrected chi connectivity index (χ1v) is 16.6. The van der Waals surface area contributed by atoms with Gasteiger partial charge in [0.2, 0.25) is 0 Å². The van der Waals surface area contributed by atoms with Crippen LogP contribution in [0.3, 0.4) is 0 Å². The molecule has 9 heteroatoms. The topological polar surface area (TPSA) is 114 Å². The molecule has 0 atom stereocenters. The van der Waals surface area contributed by atoms with E-state index in [0.717, 1.165) is 45.2 Å². The summed E-state index contributed by atoms with van der Waals surface area (Å²) in [5, 5.41) is 6.53. The normalized spacial score (nSPS) is 11.8. The molecule has 6 aromatic rings. The molecule has 0 radical (unpaired) electrons. The van der Waals surface area contributed by atoms with E-state index in [2.05, 4.69) is 0 Å². The second-order valence-corrected chi connectivity index (χ2v) is 13.0. The van der Waals surface area contributed by atoms with Gasteiger partial charge in [-0.15, -0.1) is 0 Å². The Morgan fingerprint density at radius 3 is 1.12 bits per heavy atom. The summed E-state index contributed by atoms with van der Waals surface area (Å²) in [7, 11) is -9.00. The first-order valence-electron chi connectivity index (χ1n) is 13.8. The summed E-state index contributed by atoms with van der Waals surface area (Å²) in [6.45, 7) is 3.93. The molecule has 0 amide bonds. The van der Waals surface area contributed by atoms with Crippen molar-refractivity contribution in [2.45, 2.75) is 49.3 Å². The van der Waals surface area contributed by atoms with Crippen LogP contribution in [0.1, 0.15) is 37.8 Å². The van der Waals surface area contributed by atoms with E-state index >= 15 is 0 Å². The summed E-state index contributed by atoms with van der Waals surface area (Å²) >= 11 is 0. The van der Waals surface area contributed by atoms with Gasteiger partial charge in [0.1, 0.15) is 20.2 Å². The Labute approximate surface area is 262 Å². The minimum Gasteiger partial charge on any atom is -0.744 e. The molecule has 6 aromatic carbocycles. The molecule has 0 fully saturated rings. The maximum absolute atomic E-state index is 11.7. The zero-order valence-corrected chi connectivity index (χ0v) is 26.3. The predicted molar refractivity (Wildman–Crippen MR) is 167 cm³/mol. The third-order valence-electron chi connectivity index (χ3n) is 7.38. The molecule has 0 bridgehead atoms. The molecular formula is C34H30NiO6S2. The molecule has 0 heterocycles. The van der Waals surface area contributed by atoms with E-state index in [1.165, 1.54) is 0 Å². The van der Waals surface area contributed by atoms with Crippen LogP contribution in [0.25, 0.3) is 43.1 Å². The summed E-state index contributed by atoms with van der Waals surface area (Å²) in [4.78, 5) is -0.125. The smallest absolute Gasteiger partial charge is 0.744 e. The number of rotatable bonds is 6. The van der Waals surface area contributed by atoms with Gasteiger partial charge in [-0.1, -0.05) is 99.5 Å². The molecule has 0 saturated heterocycles. The van der Waals surface area contributed by atoms with E-state index in [0.29, 0.717) is 34.7 Å². The molecule has 0 aromatic heterocycles. The van der Waals surface area contributed by atoms with Crippen molar-refractivity contribution in [3.05, 3.63) is 108 Å². The zero-order chi connectivity index (χ0) is 30.1. The first kappa shape index (κ1) is 32.6. The molecule has 0 saturated carbocycles. The zero-order valence-electron chi connectivity index (χ0n) is 23.6. The van der Waals surface area contributed by atoms with Crippen LogP contribution in [-0.2, 0) is 49.6 Å². The number of hydrogen-bond acceptors (Lipinski definition) is 6. The Morgan fingerprint density at radius 1 is 0.488 bits per heavy atom. The summed E-state index contributed by atoms with van der Waals surface area (Å²) < 4.78 is 70.3. The molecule has 0 spiro atoms. The number of aryl methyl sites for hydroxylation is 2. The van der Waals surface area contributed by atoms with Gasteiger partial charge in [-0.2, -0.15) is 0 Å². The number of fused-ring (bicyclic) bond motifs is 4. The van der Waals surface area contributed by atoms with Crippen molar-refractivity contribution in [1.29, 1.82) is 0 Å². The molecule has 224 valence electrons. The van der Waals surface area contributed by atoms with Gasteiger partial charge >= 0.3 is 16.5 Å². The van der Waals surface area contributed by atoms with Crippen LogP contribution in [0.4, 0.5) is 0 Å². The Morgan fingerprint density at radius 2 is 0.814 bits per heavy atom. The quantitative estimate of drug-likeness (QED) is 0.103. The Hall–Kier alpha value is -3.33. The van der Waals surface area contributed by atoms with Gasteiger partial charge in [0, 0.05) is 10.8 Å². The average Bonchev–Trinajstić information content (AvgIpc) is 2.94. The molecule has 0 aliphatic carbocycles. The molecular weight excluding hydrogens is 627 g/mol. The molecule has 0 unspecified atom stereocenters. The summed E-state index contributed by atoms with van der Waals surface area (Å²) in [5.41, 5.74) is 1.21. The maximum Gasteiger partial charge on any atom is 2.00 e. The third-order valence-corrected chi connectivity index (χ3v) is 9.34. The van der Waals surface area contributed by atoms with E-state index in [9.17, 15) is 25.9 Å². The van der Waals surface area contributed by atoms with Crippen LogP contribution in [0.5, 0.6) is 0 Å². The fraction of sp³-hybridized carbons (Fsp3) is 0.176. The van der Waals surface area contributed by atoms with Gasteiger partial charge in [0.25, 0.3) is 0 Å². The summed E-state index contributed by atoms with van der Waals surface area (Å²) in [6.07, 6.45) is 2.75. The maximum atomic E-state index is 11.7. The second-order valence-electron chi connectivity index (χ2n) is 10.4. The van der Waals surface area contributed by atoms with Crippen LogP contribution >= 0.6 is 0 Å². The fourth-order valence-corrected chi connectivity index (χ4v) is 7.46. The van der Waals surface area contributed by atoms with Crippen LogP contribution in [0.2, 0.25) is 0 Å². The van der Waals surface area contributed by atoms with Crippen LogP contribution in [0.15, 0.2) is 107 Å². The first-order chi connectivity index (χ1) is 20.0. The van der Waals surface area contributed by atoms with Crippen molar-refractivity contribution in [2.24, 2.45) is 0 Å². The van der Waals surface area contributed by atoms with Crippen molar-refractivity contribution in [3.63, 3.8) is 0 Å². The van der Waals surface area contributed by atoms with Crippen molar-refractivity contribution in [1.82, 2.24) is 0 Å². The van der Waals surface area contributed by atoms with Crippen molar-refractivity contribution in [3.8, 4) is 0 Å². The van der Waals surface area contributed by atoms with Crippen LogP contribution in [0, 0.1) is 0 Å². The minimum absolute atomic E-state index is 0. The van der Waals surface area contributed by atoms with E-state index in [-0.39, 0.29) is 26.3 Å². The summed E-state index contributed by atoms with van der Waals surface area (Å²) in [6, 6.07) is 30.2. The monoisotopic (exact) mass is 656 g/mol. The van der Waals surface area contributed by atoms with Gasteiger partial charge in [0.15, 0.2) is 0 Å². The Balaban J connectivity index is 0.000000192. The van der Waals surface area contributed by atoms with Crippen molar-refractivity contribution >= 4 is 63.3 Å². The van der Waals surface area contributed by atoms with Crippen molar-refractivity contribution < 1.29 is 42.4 Å².